The van der Waals surface area contributed by atoms with Crippen LogP contribution < -0.4 is 0 Å². The summed E-state index contributed by atoms with van der Waals surface area (Å²) >= 11 is 0. The van der Waals surface area contributed by atoms with Gasteiger partial charge in [0, 0.05) is 66.6 Å². The second kappa shape index (κ2) is 13.8. The van der Waals surface area contributed by atoms with Crippen LogP contribution in [0.2, 0.25) is 0 Å². The van der Waals surface area contributed by atoms with E-state index in [1.807, 2.05) is 27.7 Å². The van der Waals surface area contributed by atoms with E-state index in [2.05, 4.69) is 39.9 Å². The first-order valence-electron chi connectivity index (χ1n) is 7.42. The number of hydrogen-bond acceptors (Lipinski definition) is 4. The zero-order chi connectivity index (χ0) is 17.6. The number of H-pyrrole nitrogens is 4. The van der Waals surface area contributed by atoms with E-state index in [4.69, 9.17) is 0 Å². The molecule has 4 heterocycles. The van der Waals surface area contributed by atoms with Crippen molar-refractivity contribution in [1.29, 1.82) is 0 Å². The van der Waals surface area contributed by atoms with E-state index in [1.165, 1.54) is 0 Å². The fourth-order valence-electron chi connectivity index (χ4n) is 1.38. The van der Waals surface area contributed by atoms with Crippen molar-refractivity contribution < 1.29 is 17.1 Å². The molecule has 0 aliphatic heterocycles. The second-order valence-electron chi connectivity index (χ2n) is 4.70. The van der Waals surface area contributed by atoms with E-state index in [0.717, 1.165) is 23.3 Å². The topological polar surface area (TPSA) is 115 Å². The molecule has 0 amide bonds. The molecule has 0 bridgehead atoms. The molecule has 0 saturated heterocycles. The monoisotopic (exact) mass is 391 g/mol. The van der Waals surface area contributed by atoms with Crippen LogP contribution in [-0.4, -0.2) is 39.9 Å². The average Bonchev–Trinajstić information content (AvgIpc) is 3.31. The molecule has 9 heteroatoms. The van der Waals surface area contributed by atoms with Gasteiger partial charge in [0.15, 0.2) is 0 Å². The maximum Gasteiger partial charge on any atom is 0.102 e. The van der Waals surface area contributed by atoms with E-state index in [1.54, 1.807) is 49.6 Å². The van der Waals surface area contributed by atoms with Gasteiger partial charge in [-0.05, 0) is 27.7 Å². The minimum Gasteiger partial charge on any atom is -0.349 e. The van der Waals surface area contributed by atoms with Crippen LogP contribution in [0, 0.1) is 27.7 Å². The summed E-state index contributed by atoms with van der Waals surface area (Å²) in [6.45, 7) is 7.67. The smallest absolute Gasteiger partial charge is 0.102 e. The van der Waals surface area contributed by atoms with Crippen molar-refractivity contribution in [3.05, 3.63) is 72.9 Å². The van der Waals surface area contributed by atoms with Crippen molar-refractivity contribution in [1.82, 2.24) is 39.9 Å². The molecule has 8 nitrogen and oxygen atoms in total. The van der Waals surface area contributed by atoms with Crippen LogP contribution in [-0.2, 0) is 17.1 Å². The molecule has 25 heavy (non-hydrogen) atoms. The van der Waals surface area contributed by atoms with E-state index in [0.29, 0.717) is 0 Å². The number of aryl methyl sites for hydroxylation is 4. The number of imidazole rings is 4. The summed E-state index contributed by atoms with van der Waals surface area (Å²) in [5.74, 6) is 3.87. The Bertz CT molecular complexity index is 571. The van der Waals surface area contributed by atoms with Crippen molar-refractivity contribution >= 4 is 0 Å². The van der Waals surface area contributed by atoms with Crippen LogP contribution >= 0.6 is 0 Å². The van der Waals surface area contributed by atoms with Gasteiger partial charge in [-0.25, -0.2) is 19.9 Å². The number of nitrogens with one attached hydrogen (secondary N) is 4. The van der Waals surface area contributed by atoms with Gasteiger partial charge in [0.05, 0.1) is 0 Å². The number of aromatic nitrogens is 8. The van der Waals surface area contributed by atoms with Gasteiger partial charge in [0.1, 0.15) is 23.3 Å². The Morgan fingerprint density at radius 1 is 0.480 bits per heavy atom. The Labute approximate surface area is 157 Å². The molecule has 4 rings (SSSR count). The molecule has 0 unspecified atom stereocenters. The first-order chi connectivity index (χ1) is 11.6. The Balaban J connectivity index is 0.000000303. The predicted octanol–water partition coefficient (Wildman–Crippen LogP) is 2.87. The molecule has 0 spiro atoms. The van der Waals surface area contributed by atoms with E-state index in [9.17, 15) is 0 Å². The van der Waals surface area contributed by atoms with Gasteiger partial charge < -0.3 is 19.9 Å². The molecule has 4 aromatic heterocycles. The van der Waals surface area contributed by atoms with Gasteiger partial charge >= 0.3 is 0 Å². The molecule has 0 atom stereocenters. The Morgan fingerprint density at radius 3 is 0.720 bits per heavy atom. The van der Waals surface area contributed by atoms with Crippen LogP contribution in [0.25, 0.3) is 0 Å². The van der Waals surface area contributed by atoms with Crippen molar-refractivity contribution in [3.8, 4) is 0 Å². The maximum atomic E-state index is 3.86. The van der Waals surface area contributed by atoms with Crippen LogP contribution in [0.3, 0.4) is 0 Å². The Morgan fingerprint density at radius 2 is 0.680 bits per heavy atom. The van der Waals surface area contributed by atoms with Gasteiger partial charge in [0.25, 0.3) is 0 Å². The van der Waals surface area contributed by atoms with E-state index < -0.39 is 0 Å². The largest absolute Gasteiger partial charge is 0.349 e. The summed E-state index contributed by atoms with van der Waals surface area (Å²) in [4.78, 5) is 27.0. The summed E-state index contributed by atoms with van der Waals surface area (Å²) < 4.78 is 0. The third-order valence-corrected chi connectivity index (χ3v) is 2.54. The zero-order valence-electron chi connectivity index (χ0n) is 14.7. The SMILES string of the molecule is Cc1ncc[nH]1.Cc1ncc[nH]1.Cc1ncc[nH]1.Cc1ncc[nH]1.[Cu]. The Kier molecular flexibility index (Phi) is 12.3. The molecular formula is C16H24CuN8. The van der Waals surface area contributed by atoms with Crippen LogP contribution in [0.4, 0.5) is 0 Å². The van der Waals surface area contributed by atoms with Gasteiger partial charge in [-0.2, -0.15) is 0 Å². The molecule has 4 aromatic rings. The molecule has 1 radical (unpaired) electrons. The second-order valence-corrected chi connectivity index (χ2v) is 4.70. The first-order valence-corrected chi connectivity index (χ1v) is 7.42. The average molecular weight is 392 g/mol. The third kappa shape index (κ3) is 12.4. The van der Waals surface area contributed by atoms with E-state index >= 15 is 0 Å². The van der Waals surface area contributed by atoms with Gasteiger partial charge in [-0.15, -0.1) is 0 Å². The van der Waals surface area contributed by atoms with Crippen molar-refractivity contribution in [2.75, 3.05) is 0 Å². The molecule has 139 valence electrons. The number of rotatable bonds is 0. The quantitative estimate of drug-likeness (QED) is 0.345. The maximum absolute atomic E-state index is 3.86. The zero-order valence-corrected chi connectivity index (χ0v) is 15.7. The predicted molar refractivity (Wildman–Crippen MR) is 93.3 cm³/mol. The van der Waals surface area contributed by atoms with Gasteiger partial charge in [0.2, 0.25) is 0 Å². The first kappa shape index (κ1) is 22.4. The summed E-state index contributed by atoms with van der Waals surface area (Å²) in [6.07, 6.45) is 14.1. The minimum atomic E-state index is 0. The molecular weight excluding hydrogens is 368 g/mol. The van der Waals surface area contributed by atoms with E-state index in [-0.39, 0.29) is 17.1 Å². The minimum absolute atomic E-state index is 0. The molecule has 0 saturated carbocycles. The molecule has 0 aromatic carbocycles. The molecule has 0 fully saturated rings. The third-order valence-electron chi connectivity index (χ3n) is 2.54. The number of nitrogens with zero attached hydrogens (tertiary/aromatic N) is 4. The van der Waals surface area contributed by atoms with Crippen molar-refractivity contribution in [2.24, 2.45) is 0 Å². The Hall–Kier alpha value is -2.64. The van der Waals surface area contributed by atoms with Crippen LogP contribution in [0.15, 0.2) is 49.6 Å². The standard InChI is InChI=1S/4C4H6N2.Cu/c4*1-4-5-2-3-6-4;/h4*2-3H,1H3,(H,5,6);. The number of hydrogen-bond donors (Lipinski definition) is 4. The molecule has 0 aliphatic rings. The fraction of sp³-hybridized carbons (Fsp3) is 0.250. The fourth-order valence-corrected chi connectivity index (χ4v) is 1.38. The summed E-state index contributed by atoms with van der Waals surface area (Å²) in [5.41, 5.74) is 0. The summed E-state index contributed by atoms with van der Waals surface area (Å²) in [5, 5.41) is 0. The van der Waals surface area contributed by atoms with Gasteiger partial charge in [-0.3, -0.25) is 0 Å². The van der Waals surface area contributed by atoms with Gasteiger partial charge in [-0.1, -0.05) is 0 Å². The van der Waals surface area contributed by atoms with Crippen LogP contribution in [0.1, 0.15) is 23.3 Å². The molecule has 0 aliphatic carbocycles. The summed E-state index contributed by atoms with van der Waals surface area (Å²) in [6, 6.07) is 0. The normalized spacial score (nSPS) is 8.48. The van der Waals surface area contributed by atoms with Crippen molar-refractivity contribution in [3.63, 3.8) is 0 Å². The number of aromatic amines is 4. The summed E-state index contributed by atoms with van der Waals surface area (Å²) in [7, 11) is 0. The molecule has 4 N–H and O–H groups in total. The van der Waals surface area contributed by atoms with Crippen molar-refractivity contribution in [2.45, 2.75) is 27.7 Å². The van der Waals surface area contributed by atoms with Crippen LogP contribution in [0.5, 0.6) is 0 Å².